The molecule has 0 aliphatic heterocycles. The van der Waals surface area contributed by atoms with Crippen LogP contribution in [0.4, 0.5) is 5.13 Å². The molecule has 1 saturated carbocycles. The van der Waals surface area contributed by atoms with Crippen molar-refractivity contribution in [2.24, 2.45) is 5.92 Å². The Balaban J connectivity index is 1.76. The Morgan fingerprint density at radius 2 is 2.05 bits per heavy atom. The van der Waals surface area contributed by atoms with Gasteiger partial charge in [0.1, 0.15) is 11.5 Å². The number of hydrogen-bond acceptors (Lipinski definition) is 6. The lowest BCUT2D eigenvalue weighted by Gasteiger charge is -2.02. The molecule has 1 fully saturated rings. The van der Waals surface area contributed by atoms with Gasteiger partial charge in [0.15, 0.2) is 5.13 Å². The fourth-order valence-corrected chi connectivity index (χ4v) is 2.59. The molecule has 2 aromatic rings. The summed E-state index contributed by atoms with van der Waals surface area (Å²) in [5.74, 6) is -1.33. The average Bonchev–Trinajstić information content (AvgIpc) is 3.19. The van der Waals surface area contributed by atoms with Gasteiger partial charge in [0.25, 0.3) is 5.91 Å². The summed E-state index contributed by atoms with van der Waals surface area (Å²) in [6, 6.07) is 4.17. The number of carbonyl (C=O) groups excluding carboxylic acids is 2. The molecule has 3 rings (SSSR count). The summed E-state index contributed by atoms with van der Waals surface area (Å²) in [5.41, 5.74) is 0.907. The fourth-order valence-electron chi connectivity index (χ4n) is 1.88. The summed E-state index contributed by atoms with van der Waals surface area (Å²) in [6.07, 6.45) is 1.55. The number of aromatic nitrogens is 1. The van der Waals surface area contributed by atoms with Crippen LogP contribution in [0, 0.1) is 5.92 Å². The Kier molecular flexibility index (Phi) is 3.34. The van der Waals surface area contributed by atoms with E-state index < -0.39 is 11.7 Å². The zero-order chi connectivity index (χ0) is 15.0. The van der Waals surface area contributed by atoms with E-state index in [-0.39, 0.29) is 17.4 Å². The van der Waals surface area contributed by atoms with Crippen molar-refractivity contribution in [1.82, 2.24) is 4.98 Å². The lowest BCUT2D eigenvalue weighted by molar-refractivity contribution is -0.135. The van der Waals surface area contributed by atoms with Gasteiger partial charge in [-0.25, -0.2) is 4.98 Å². The van der Waals surface area contributed by atoms with Crippen LogP contribution in [0.5, 0.6) is 11.5 Å². The first-order valence-corrected chi connectivity index (χ1v) is 7.25. The van der Waals surface area contributed by atoms with Gasteiger partial charge in [0.2, 0.25) is 5.78 Å². The van der Waals surface area contributed by atoms with E-state index in [1.54, 1.807) is 5.38 Å². The molecule has 21 heavy (non-hydrogen) atoms. The van der Waals surface area contributed by atoms with Crippen molar-refractivity contribution in [2.45, 2.75) is 12.8 Å². The number of amides is 1. The van der Waals surface area contributed by atoms with Crippen LogP contribution in [0.1, 0.15) is 12.8 Å². The van der Waals surface area contributed by atoms with E-state index in [4.69, 9.17) is 0 Å². The van der Waals surface area contributed by atoms with Crippen LogP contribution in [0.25, 0.3) is 11.3 Å². The molecule has 1 aliphatic carbocycles. The quantitative estimate of drug-likeness (QED) is 0.751. The smallest absolute Gasteiger partial charge is 0.293 e. The first kappa shape index (κ1) is 13.6. The molecule has 1 aliphatic rings. The highest BCUT2D eigenvalue weighted by atomic mass is 32.1. The SMILES string of the molecule is O=C(Nc1nc(-c2ccc(O)cc2O)cs1)C(=O)C1CC1. The maximum atomic E-state index is 11.7. The van der Waals surface area contributed by atoms with Crippen LogP contribution in [0.2, 0.25) is 0 Å². The van der Waals surface area contributed by atoms with E-state index in [2.05, 4.69) is 10.3 Å². The number of phenols is 2. The number of Topliss-reactive ketones (excluding diaryl/α,β-unsaturated/α-hetero) is 1. The van der Waals surface area contributed by atoms with Gasteiger partial charge < -0.3 is 10.2 Å². The van der Waals surface area contributed by atoms with Crippen LogP contribution >= 0.6 is 11.3 Å². The molecule has 3 N–H and O–H groups in total. The normalized spacial score (nSPS) is 13.9. The van der Waals surface area contributed by atoms with Gasteiger partial charge in [-0.15, -0.1) is 11.3 Å². The highest BCUT2D eigenvalue weighted by molar-refractivity contribution is 7.14. The molecular weight excluding hydrogens is 292 g/mol. The van der Waals surface area contributed by atoms with Crippen molar-refractivity contribution in [2.75, 3.05) is 5.32 Å². The molecular formula is C14H12N2O4S. The molecule has 0 unspecified atom stereocenters. The second-order valence-electron chi connectivity index (χ2n) is 4.83. The fraction of sp³-hybridized carbons (Fsp3) is 0.214. The number of benzene rings is 1. The lowest BCUT2D eigenvalue weighted by Crippen LogP contribution is -2.23. The second kappa shape index (κ2) is 5.17. The minimum atomic E-state index is -0.645. The maximum absolute atomic E-state index is 11.7. The number of thiazole rings is 1. The molecule has 108 valence electrons. The van der Waals surface area contributed by atoms with Gasteiger partial charge in [0.05, 0.1) is 5.69 Å². The van der Waals surface area contributed by atoms with Gasteiger partial charge in [-0.2, -0.15) is 0 Å². The summed E-state index contributed by atoms with van der Waals surface area (Å²) in [5, 5.41) is 23.5. The lowest BCUT2D eigenvalue weighted by atomic mass is 10.1. The number of nitrogens with zero attached hydrogens (tertiary/aromatic N) is 1. The minimum absolute atomic E-state index is 0.0463. The highest BCUT2D eigenvalue weighted by Gasteiger charge is 2.34. The molecule has 0 saturated heterocycles. The number of carbonyl (C=O) groups is 2. The number of phenolic OH excluding ortho intramolecular Hbond substituents is 2. The predicted octanol–water partition coefficient (Wildman–Crippen LogP) is 2.14. The average molecular weight is 304 g/mol. The number of hydrogen-bond donors (Lipinski definition) is 3. The summed E-state index contributed by atoms with van der Waals surface area (Å²) in [4.78, 5) is 27.4. The van der Waals surface area contributed by atoms with Crippen LogP contribution in [-0.4, -0.2) is 26.9 Å². The molecule has 0 bridgehead atoms. The molecule has 7 heteroatoms. The van der Waals surface area contributed by atoms with Crippen molar-refractivity contribution in [1.29, 1.82) is 0 Å². The van der Waals surface area contributed by atoms with Gasteiger partial charge in [-0.05, 0) is 25.0 Å². The third-order valence-corrected chi connectivity index (χ3v) is 3.91. The first-order chi connectivity index (χ1) is 10.0. The molecule has 1 amide bonds. The van der Waals surface area contributed by atoms with Crippen LogP contribution < -0.4 is 5.32 Å². The molecule has 6 nitrogen and oxygen atoms in total. The van der Waals surface area contributed by atoms with Gasteiger partial charge in [-0.1, -0.05) is 0 Å². The zero-order valence-electron chi connectivity index (χ0n) is 10.9. The van der Waals surface area contributed by atoms with Crippen LogP contribution in [0.15, 0.2) is 23.6 Å². The Hall–Kier alpha value is -2.41. The standard InChI is InChI=1S/C14H12N2O4S/c17-8-3-4-9(11(18)5-8)10-6-21-14(15-10)16-13(20)12(19)7-1-2-7/h3-7,17-18H,1-2H2,(H,15,16,20). The van der Waals surface area contributed by atoms with E-state index in [1.165, 1.54) is 29.5 Å². The van der Waals surface area contributed by atoms with Crippen molar-refractivity contribution < 1.29 is 19.8 Å². The number of nitrogens with one attached hydrogen (secondary N) is 1. The Morgan fingerprint density at radius 3 is 2.71 bits per heavy atom. The number of anilines is 1. The van der Waals surface area contributed by atoms with Gasteiger partial charge >= 0.3 is 0 Å². The van der Waals surface area contributed by atoms with Gasteiger partial charge in [-0.3, -0.25) is 14.9 Å². The summed E-state index contributed by atoms with van der Waals surface area (Å²) < 4.78 is 0. The van der Waals surface area contributed by atoms with Crippen LogP contribution in [-0.2, 0) is 9.59 Å². The maximum Gasteiger partial charge on any atom is 0.293 e. The van der Waals surface area contributed by atoms with E-state index in [0.717, 1.165) is 12.8 Å². The Labute approximate surface area is 124 Å². The molecule has 1 aromatic heterocycles. The van der Waals surface area contributed by atoms with Gasteiger partial charge in [0, 0.05) is 22.9 Å². The summed E-state index contributed by atoms with van der Waals surface area (Å²) in [7, 11) is 0. The van der Waals surface area contributed by atoms with Crippen LogP contribution in [0.3, 0.4) is 0 Å². The molecule has 0 spiro atoms. The predicted molar refractivity (Wildman–Crippen MR) is 77.2 cm³/mol. The van der Waals surface area contributed by atoms with Crippen molar-refractivity contribution in [3.63, 3.8) is 0 Å². The second-order valence-corrected chi connectivity index (χ2v) is 5.69. The Morgan fingerprint density at radius 1 is 1.29 bits per heavy atom. The number of ketones is 1. The summed E-state index contributed by atoms with van der Waals surface area (Å²) in [6.45, 7) is 0. The third-order valence-electron chi connectivity index (χ3n) is 3.15. The molecule has 1 aromatic carbocycles. The van der Waals surface area contributed by atoms with E-state index in [1.807, 2.05) is 0 Å². The Bertz CT molecular complexity index is 722. The monoisotopic (exact) mass is 304 g/mol. The number of rotatable bonds is 4. The van der Waals surface area contributed by atoms with Crippen molar-refractivity contribution in [3.05, 3.63) is 23.6 Å². The van der Waals surface area contributed by atoms with E-state index in [9.17, 15) is 19.8 Å². The number of aromatic hydroxyl groups is 2. The largest absolute Gasteiger partial charge is 0.508 e. The zero-order valence-corrected chi connectivity index (χ0v) is 11.7. The third kappa shape index (κ3) is 2.87. The molecule has 0 radical (unpaired) electrons. The first-order valence-electron chi connectivity index (χ1n) is 6.37. The van der Waals surface area contributed by atoms with E-state index >= 15 is 0 Å². The highest BCUT2D eigenvalue weighted by Crippen LogP contribution is 2.34. The summed E-state index contributed by atoms with van der Waals surface area (Å²) >= 11 is 1.17. The van der Waals surface area contributed by atoms with Crippen molar-refractivity contribution >= 4 is 28.2 Å². The molecule has 1 heterocycles. The topological polar surface area (TPSA) is 99.5 Å². The molecule has 0 atom stereocenters. The van der Waals surface area contributed by atoms with Crippen molar-refractivity contribution in [3.8, 4) is 22.8 Å². The van der Waals surface area contributed by atoms with E-state index in [0.29, 0.717) is 16.4 Å². The minimum Gasteiger partial charge on any atom is -0.508 e.